The van der Waals surface area contributed by atoms with Crippen LogP contribution in [-0.2, 0) is 4.74 Å². The van der Waals surface area contributed by atoms with Crippen molar-refractivity contribution in [2.45, 2.75) is 6.92 Å². The Morgan fingerprint density at radius 3 is 2.56 bits per heavy atom. The summed E-state index contributed by atoms with van der Waals surface area (Å²) in [6, 6.07) is 22.3. The van der Waals surface area contributed by atoms with Gasteiger partial charge in [0.1, 0.15) is 5.69 Å². The zero-order valence-corrected chi connectivity index (χ0v) is 19.9. The van der Waals surface area contributed by atoms with E-state index in [0.29, 0.717) is 18.2 Å². The standard InChI is InChI=1S/C29H25N5O2/c1-18-3-2-4-25(34-18)28-27(32-17-33-28)23-8-6-20-5-7-21(11-24(20)12-23)22-9-10-31-26(13-22)29(35)36-16-19-14-30-15-19/h2-13,17,19,30H,14-16H2,1H3,(H,32,33). The van der Waals surface area contributed by atoms with Gasteiger partial charge < -0.3 is 15.0 Å². The van der Waals surface area contributed by atoms with E-state index in [9.17, 15) is 4.79 Å². The fourth-order valence-electron chi connectivity index (χ4n) is 4.42. The van der Waals surface area contributed by atoms with Crippen LogP contribution in [0.15, 0.2) is 79.3 Å². The molecule has 178 valence electrons. The third-order valence-electron chi connectivity index (χ3n) is 6.52. The normalized spacial score (nSPS) is 13.5. The number of nitrogens with zero attached hydrogens (tertiary/aromatic N) is 3. The van der Waals surface area contributed by atoms with Gasteiger partial charge in [0.15, 0.2) is 0 Å². The van der Waals surface area contributed by atoms with Crippen LogP contribution in [0.25, 0.3) is 44.5 Å². The molecule has 5 aromatic rings. The van der Waals surface area contributed by atoms with Gasteiger partial charge in [-0.15, -0.1) is 0 Å². The second-order valence-electron chi connectivity index (χ2n) is 9.12. The Hall–Kier alpha value is -4.36. The molecule has 0 saturated carbocycles. The van der Waals surface area contributed by atoms with Gasteiger partial charge in [-0.25, -0.2) is 14.8 Å². The van der Waals surface area contributed by atoms with Gasteiger partial charge >= 0.3 is 5.97 Å². The van der Waals surface area contributed by atoms with Crippen molar-refractivity contribution in [3.8, 4) is 33.8 Å². The quantitative estimate of drug-likeness (QED) is 0.334. The number of esters is 1. The summed E-state index contributed by atoms with van der Waals surface area (Å²) in [5.74, 6) is 0.00573. The average Bonchev–Trinajstić information content (AvgIpc) is 3.37. The summed E-state index contributed by atoms with van der Waals surface area (Å²) in [6.45, 7) is 4.18. The molecule has 0 radical (unpaired) electrons. The molecule has 0 atom stereocenters. The summed E-state index contributed by atoms with van der Waals surface area (Å²) in [6.07, 6.45) is 3.36. The monoisotopic (exact) mass is 475 g/mol. The lowest BCUT2D eigenvalue weighted by atomic mass is 9.98. The number of fused-ring (bicyclic) bond motifs is 1. The molecule has 2 N–H and O–H groups in total. The number of rotatable bonds is 6. The van der Waals surface area contributed by atoms with Crippen molar-refractivity contribution in [2.24, 2.45) is 5.92 Å². The highest BCUT2D eigenvalue weighted by Crippen LogP contribution is 2.32. The van der Waals surface area contributed by atoms with Gasteiger partial charge in [0.2, 0.25) is 0 Å². The fraction of sp³-hybridized carbons (Fsp3) is 0.172. The lowest BCUT2D eigenvalue weighted by molar-refractivity contribution is 0.0391. The van der Waals surface area contributed by atoms with Crippen molar-refractivity contribution in [1.29, 1.82) is 0 Å². The number of pyridine rings is 2. The Bertz CT molecular complexity index is 1570. The Kier molecular flexibility index (Phi) is 5.75. The maximum Gasteiger partial charge on any atom is 0.356 e. The lowest BCUT2D eigenvalue weighted by Gasteiger charge is -2.26. The van der Waals surface area contributed by atoms with Crippen LogP contribution < -0.4 is 5.32 Å². The van der Waals surface area contributed by atoms with Gasteiger partial charge in [-0.2, -0.15) is 0 Å². The number of ether oxygens (including phenoxy) is 1. The number of hydrogen-bond donors (Lipinski definition) is 2. The number of carbonyl (C=O) groups excluding carboxylic acids is 1. The van der Waals surface area contributed by atoms with Crippen LogP contribution in [0.4, 0.5) is 0 Å². The number of benzene rings is 2. The summed E-state index contributed by atoms with van der Waals surface area (Å²) in [5, 5.41) is 5.38. The molecule has 0 unspecified atom stereocenters. The molecule has 6 rings (SSSR count). The molecule has 4 heterocycles. The molecule has 0 amide bonds. The first-order valence-corrected chi connectivity index (χ1v) is 12.0. The fourth-order valence-corrected chi connectivity index (χ4v) is 4.42. The van der Waals surface area contributed by atoms with Gasteiger partial charge in [-0.05, 0) is 65.2 Å². The minimum atomic E-state index is -0.386. The van der Waals surface area contributed by atoms with Gasteiger partial charge in [0.25, 0.3) is 0 Å². The minimum Gasteiger partial charge on any atom is -0.461 e. The molecule has 2 aromatic carbocycles. The van der Waals surface area contributed by atoms with Gasteiger partial charge in [-0.3, -0.25) is 4.98 Å². The molecule has 1 saturated heterocycles. The molecular formula is C29H25N5O2. The third kappa shape index (κ3) is 4.36. The summed E-state index contributed by atoms with van der Waals surface area (Å²) < 4.78 is 5.45. The van der Waals surface area contributed by atoms with Gasteiger partial charge in [-0.1, -0.05) is 30.3 Å². The SMILES string of the molecule is Cc1cccc(-c2[nH]cnc2-c2ccc3ccc(-c4ccnc(C(=O)OCC5CNC5)c4)cc3c2)n1. The van der Waals surface area contributed by atoms with Crippen LogP contribution in [-0.4, -0.2) is 45.6 Å². The largest absolute Gasteiger partial charge is 0.461 e. The molecule has 1 fully saturated rings. The van der Waals surface area contributed by atoms with Crippen LogP contribution in [0, 0.1) is 12.8 Å². The first kappa shape index (κ1) is 22.1. The first-order chi connectivity index (χ1) is 17.6. The highest BCUT2D eigenvalue weighted by molar-refractivity contribution is 5.93. The van der Waals surface area contributed by atoms with E-state index in [-0.39, 0.29) is 5.97 Å². The van der Waals surface area contributed by atoms with E-state index in [2.05, 4.69) is 61.7 Å². The van der Waals surface area contributed by atoms with E-state index in [1.165, 1.54) is 0 Å². The molecule has 0 spiro atoms. The molecule has 1 aliphatic heterocycles. The number of aryl methyl sites for hydroxylation is 1. The van der Waals surface area contributed by atoms with Gasteiger partial charge in [0.05, 0.1) is 30.0 Å². The van der Waals surface area contributed by atoms with E-state index in [1.807, 2.05) is 31.2 Å². The highest BCUT2D eigenvalue weighted by atomic mass is 16.5. The number of nitrogens with one attached hydrogen (secondary N) is 2. The molecule has 0 bridgehead atoms. The number of imidazole rings is 1. The lowest BCUT2D eigenvalue weighted by Crippen LogP contribution is -2.44. The van der Waals surface area contributed by atoms with Crippen molar-refractivity contribution in [3.05, 3.63) is 90.6 Å². The first-order valence-electron chi connectivity index (χ1n) is 12.0. The Balaban J connectivity index is 1.31. The molecule has 7 nitrogen and oxygen atoms in total. The molecule has 7 heteroatoms. The molecule has 3 aromatic heterocycles. The maximum atomic E-state index is 12.5. The molecule has 36 heavy (non-hydrogen) atoms. The van der Waals surface area contributed by atoms with Crippen LogP contribution in [0.5, 0.6) is 0 Å². The number of aromatic nitrogens is 4. The van der Waals surface area contributed by atoms with E-state index in [0.717, 1.165) is 63.3 Å². The Morgan fingerprint density at radius 2 is 1.75 bits per heavy atom. The topological polar surface area (TPSA) is 92.8 Å². The maximum absolute atomic E-state index is 12.5. The number of aromatic amines is 1. The smallest absolute Gasteiger partial charge is 0.356 e. The number of H-pyrrole nitrogens is 1. The van der Waals surface area contributed by atoms with Crippen LogP contribution in [0.1, 0.15) is 16.2 Å². The summed E-state index contributed by atoms with van der Waals surface area (Å²) in [5.41, 5.74) is 6.81. The number of hydrogen-bond acceptors (Lipinski definition) is 6. The zero-order valence-electron chi connectivity index (χ0n) is 19.9. The zero-order chi connectivity index (χ0) is 24.5. The van der Waals surface area contributed by atoms with E-state index in [4.69, 9.17) is 4.74 Å². The molecule has 1 aliphatic rings. The summed E-state index contributed by atoms with van der Waals surface area (Å²) in [4.78, 5) is 29.2. The molecule has 0 aliphatic carbocycles. The predicted octanol–water partition coefficient (Wildman–Crippen LogP) is 5.04. The van der Waals surface area contributed by atoms with Crippen LogP contribution >= 0.6 is 0 Å². The molecular weight excluding hydrogens is 450 g/mol. The van der Waals surface area contributed by atoms with E-state index in [1.54, 1.807) is 18.6 Å². The summed E-state index contributed by atoms with van der Waals surface area (Å²) in [7, 11) is 0. The van der Waals surface area contributed by atoms with Crippen molar-refractivity contribution in [3.63, 3.8) is 0 Å². The van der Waals surface area contributed by atoms with Crippen LogP contribution in [0.2, 0.25) is 0 Å². The highest BCUT2D eigenvalue weighted by Gasteiger charge is 2.20. The number of carbonyl (C=O) groups is 1. The average molecular weight is 476 g/mol. The van der Waals surface area contributed by atoms with Crippen molar-refractivity contribution >= 4 is 16.7 Å². The second kappa shape index (κ2) is 9.36. The second-order valence-corrected chi connectivity index (χ2v) is 9.12. The summed E-state index contributed by atoms with van der Waals surface area (Å²) >= 11 is 0. The van der Waals surface area contributed by atoms with Crippen molar-refractivity contribution in [2.75, 3.05) is 19.7 Å². The van der Waals surface area contributed by atoms with Crippen molar-refractivity contribution < 1.29 is 9.53 Å². The van der Waals surface area contributed by atoms with Crippen LogP contribution in [0.3, 0.4) is 0 Å². The predicted molar refractivity (Wildman–Crippen MR) is 139 cm³/mol. The Labute approximate surface area is 208 Å². The minimum absolute atomic E-state index is 0.320. The van der Waals surface area contributed by atoms with E-state index < -0.39 is 0 Å². The van der Waals surface area contributed by atoms with Gasteiger partial charge in [0, 0.05) is 36.5 Å². The van der Waals surface area contributed by atoms with Crippen molar-refractivity contribution in [1.82, 2.24) is 25.3 Å². The van der Waals surface area contributed by atoms with E-state index >= 15 is 0 Å². The Morgan fingerprint density at radius 1 is 0.944 bits per heavy atom. The third-order valence-corrected chi connectivity index (χ3v) is 6.52.